The summed E-state index contributed by atoms with van der Waals surface area (Å²) in [6, 6.07) is 7.22. The van der Waals surface area contributed by atoms with Gasteiger partial charge >= 0.3 is 0 Å². The van der Waals surface area contributed by atoms with Crippen molar-refractivity contribution in [2.45, 2.75) is 102 Å². The van der Waals surface area contributed by atoms with Crippen molar-refractivity contribution in [3.8, 4) is 0 Å². The van der Waals surface area contributed by atoms with Gasteiger partial charge in [-0.3, -0.25) is 9.47 Å². The summed E-state index contributed by atoms with van der Waals surface area (Å²) in [6.07, 6.45) is 3.63. The molecule has 0 radical (unpaired) electrons. The molecule has 1 saturated carbocycles. The fourth-order valence-corrected chi connectivity index (χ4v) is 6.35. The summed E-state index contributed by atoms with van der Waals surface area (Å²) in [5.74, 6) is 1.95. The summed E-state index contributed by atoms with van der Waals surface area (Å²) in [7, 11) is 0. The Morgan fingerprint density at radius 2 is 1.90 bits per heavy atom. The van der Waals surface area contributed by atoms with Crippen molar-refractivity contribution < 1.29 is 20.4 Å². The van der Waals surface area contributed by atoms with Crippen LogP contribution in [0.15, 0.2) is 30.9 Å². The molecule has 1 aliphatic heterocycles. The number of rotatable bonds is 8. The smallest absolute Gasteiger partial charge is 0.167 e. The second kappa shape index (κ2) is 11.5. The van der Waals surface area contributed by atoms with Crippen molar-refractivity contribution in [2.24, 2.45) is 5.92 Å². The molecule has 2 aliphatic rings. The van der Waals surface area contributed by atoms with E-state index < -0.39 is 24.5 Å². The molecule has 6 rings (SSSR count). The highest BCUT2D eigenvalue weighted by Gasteiger charge is 2.46. The third-order valence-corrected chi connectivity index (χ3v) is 8.92. The highest BCUT2D eigenvalue weighted by atomic mass is 16.6. The van der Waals surface area contributed by atoms with Gasteiger partial charge in [0.15, 0.2) is 17.7 Å². The maximum absolute atomic E-state index is 10.9. The van der Waals surface area contributed by atoms with Crippen LogP contribution in [0.1, 0.15) is 71.5 Å². The Morgan fingerprint density at radius 1 is 1.14 bits per heavy atom. The number of hydrogen-bond acceptors (Lipinski definition) is 9. The first-order chi connectivity index (χ1) is 19.5. The van der Waals surface area contributed by atoms with Crippen LogP contribution in [-0.4, -0.2) is 87.0 Å². The molecule has 228 valence electrons. The van der Waals surface area contributed by atoms with Crippen LogP contribution >= 0.6 is 0 Å². The van der Waals surface area contributed by atoms with Crippen molar-refractivity contribution in [1.82, 2.24) is 34.4 Å². The van der Waals surface area contributed by atoms with Gasteiger partial charge < -0.3 is 31.1 Å². The van der Waals surface area contributed by atoms with Gasteiger partial charge in [0.1, 0.15) is 36.0 Å². The molecule has 4 atom stereocenters. The Morgan fingerprint density at radius 3 is 2.62 bits per heavy atom. The lowest BCUT2D eigenvalue weighted by atomic mass is 9.76. The first-order valence-corrected chi connectivity index (χ1v) is 14.7. The lowest BCUT2D eigenvalue weighted by Crippen LogP contribution is -2.52. The zero-order chi connectivity index (χ0) is 29.1. The van der Waals surface area contributed by atoms with Gasteiger partial charge in [-0.1, -0.05) is 26.8 Å². The number of anilines is 1. The average molecular weight is 581 g/mol. The van der Waals surface area contributed by atoms with Gasteiger partial charge in [-0.25, -0.2) is 19.9 Å². The summed E-state index contributed by atoms with van der Waals surface area (Å²) in [6.45, 7) is 11.6. The molecule has 2 fully saturated rings. The fourth-order valence-electron chi connectivity index (χ4n) is 6.35. The number of nitrogens with zero attached hydrogens (tertiary/aromatic N) is 6. The molecule has 12 heteroatoms. The van der Waals surface area contributed by atoms with Crippen LogP contribution in [-0.2, 0) is 16.6 Å². The van der Waals surface area contributed by atoms with Gasteiger partial charge in [-0.05, 0) is 62.1 Å². The molecule has 0 spiro atoms. The average Bonchev–Trinajstić information content (AvgIpc) is 3.58. The largest absolute Gasteiger partial charge is 0.412 e. The predicted octanol–water partition coefficient (Wildman–Crippen LogP) is 2.50. The number of aryl methyl sites for hydroxylation is 1. The van der Waals surface area contributed by atoms with Crippen molar-refractivity contribution >= 4 is 28.0 Å². The number of aliphatic hydroxyl groups excluding tert-OH is 2. The predicted molar refractivity (Wildman–Crippen MR) is 161 cm³/mol. The maximum atomic E-state index is 10.9. The molecule has 12 nitrogen and oxygen atoms in total. The van der Waals surface area contributed by atoms with E-state index in [4.69, 9.17) is 15.5 Å². The van der Waals surface area contributed by atoms with Crippen LogP contribution in [0.5, 0.6) is 0 Å². The first-order valence-electron chi connectivity index (χ1n) is 14.7. The Labute approximate surface area is 245 Å². The minimum Gasteiger partial charge on any atom is -0.412 e. The number of nitrogens with two attached hydrogens (primary N) is 1. The van der Waals surface area contributed by atoms with Crippen molar-refractivity contribution in [3.63, 3.8) is 0 Å². The van der Waals surface area contributed by atoms with E-state index in [9.17, 15) is 10.2 Å². The van der Waals surface area contributed by atoms with Gasteiger partial charge in [0.05, 0.1) is 17.4 Å². The summed E-state index contributed by atoms with van der Waals surface area (Å²) in [4.78, 5) is 23.3. The van der Waals surface area contributed by atoms with E-state index >= 15 is 0 Å². The topological polar surface area (TPSA) is 183 Å². The maximum Gasteiger partial charge on any atom is 0.167 e. The minimum absolute atomic E-state index is 0. The normalized spacial score (nSPS) is 26.3. The number of ether oxygens (including phenoxy) is 1. The number of imidazole rings is 2. The molecule has 4 aromatic rings. The van der Waals surface area contributed by atoms with E-state index in [1.807, 2.05) is 0 Å². The van der Waals surface area contributed by atoms with Gasteiger partial charge in [-0.15, -0.1) is 0 Å². The SMILES string of the molecule is CC(C)N(C[C@H]1O[C@@H](n2cnc3c(N)ncnc32)[C@H](O)[C@@H]1O)C1CC(CCc2nc3ccc(C(C)(C)C)cc3[nH]2)C1.O. The quantitative estimate of drug-likeness (QED) is 0.243. The standard InChI is InChI=1S/C30H42N8O3.H2O/c1-16(2)37(13-22-25(39)26(40)29(41-22)38-15-34-24-27(31)32-14-33-28(24)38)19-10-17(11-19)6-9-23-35-20-8-7-18(30(3,4)5)12-21(20)36-23;/h7-8,12,14-17,19,22,25-26,29,39-40H,6,9-11,13H2,1-5H3,(H,35,36)(H2,31,32,33);1H2/t17?,19?,22-,25-,26-,29-;/m1./s1. The summed E-state index contributed by atoms with van der Waals surface area (Å²) >= 11 is 0. The van der Waals surface area contributed by atoms with Gasteiger partial charge in [0.2, 0.25) is 0 Å². The highest BCUT2D eigenvalue weighted by molar-refractivity contribution is 5.81. The van der Waals surface area contributed by atoms with Crippen LogP contribution in [0.4, 0.5) is 5.82 Å². The molecule has 1 aromatic carbocycles. The number of fused-ring (bicyclic) bond motifs is 2. The van der Waals surface area contributed by atoms with Crippen LogP contribution < -0.4 is 5.73 Å². The van der Waals surface area contributed by atoms with E-state index in [-0.39, 0.29) is 22.8 Å². The molecule has 0 amide bonds. The van der Waals surface area contributed by atoms with E-state index in [0.29, 0.717) is 29.7 Å². The zero-order valence-electron chi connectivity index (χ0n) is 25.0. The Balaban J connectivity index is 0.00000353. The number of aromatic amines is 1. The molecule has 1 saturated heterocycles. The van der Waals surface area contributed by atoms with E-state index in [2.05, 4.69) is 77.7 Å². The van der Waals surface area contributed by atoms with Crippen LogP contribution in [0.2, 0.25) is 0 Å². The van der Waals surface area contributed by atoms with Crippen molar-refractivity contribution in [2.75, 3.05) is 12.3 Å². The van der Waals surface area contributed by atoms with E-state index in [0.717, 1.165) is 42.5 Å². The lowest BCUT2D eigenvalue weighted by Gasteiger charge is -2.46. The summed E-state index contributed by atoms with van der Waals surface area (Å²) in [5, 5.41) is 21.8. The number of aromatic nitrogens is 6. The highest BCUT2D eigenvalue weighted by Crippen LogP contribution is 2.38. The molecule has 42 heavy (non-hydrogen) atoms. The minimum atomic E-state index is -1.11. The van der Waals surface area contributed by atoms with Gasteiger partial charge in [0, 0.05) is 25.0 Å². The molecular formula is C30H44N8O4. The Hall–Kier alpha value is -3.16. The van der Waals surface area contributed by atoms with E-state index in [1.54, 1.807) is 4.57 Å². The molecule has 7 N–H and O–H groups in total. The Bertz CT molecular complexity index is 1520. The molecule has 0 bridgehead atoms. The fraction of sp³-hybridized carbons (Fsp3) is 0.600. The lowest BCUT2D eigenvalue weighted by molar-refractivity contribution is -0.0620. The van der Waals surface area contributed by atoms with E-state index in [1.165, 1.54) is 18.2 Å². The van der Waals surface area contributed by atoms with Gasteiger partial charge in [-0.2, -0.15) is 0 Å². The Kier molecular flexibility index (Phi) is 8.29. The third-order valence-electron chi connectivity index (χ3n) is 8.92. The summed E-state index contributed by atoms with van der Waals surface area (Å²) < 4.78 is 7.86. The summed E-state index contributed by atoms with van der Waals surface area (Å²) in [5.41, 5.74) is 10.4. The first kappa shape index (κ1) is 30.3. The van der Waals surface area contributed by atoms with Crippen LogP contribution in [0.25, 0.3) is 22.2 Å². The third kappa shape index (κ3) is 5.61. The van der Waals surface area contributed by atoms with Gasteiger partial charge in [0.25, 0.3) is 0 Å². The molecule has 4 heterocycles. The molecule has 1 aliphatic carbocycles. The van der Waals surface area contributed by atoms with Crippen molar-refractivity contribution in [1.29, 1.82) is 0 Å². The number of hydrogen-bond donors (Lipinski definition) is 4. The number of nitrogens with one attached hydrogen (secondary N) is 1. The van der Waals surface area contributed by atoms with Crippen LogP contribution in [0.3, 0.4) is 0 Å². The molecule has 3 aromatic heterocycles. The molecule has 0 unspecified atom stereocenters. The second-order valence-corrected chi connectivity index (χ2v) is 13.1. The zero-order valence-corrected chi connectivity index (χ0v) is 25.0. The number of benzene rings is 1. The molecular weight excluding hydrogens is 536 g/mol. The number of aliphatic hydroxyl groups is 2. The number of nitrogen functional groups attached to an aromatic ring is 1. The second-order valence-electron chi connectivity index (χ2n) is 13.1. The monoisotopic (exact) mass is 580 g/mol. The van der Waals surface area contributed by atoms with Crippen molar-refractivity contribution in [3.05, 3.63) is 42.2 Å². The number of H-pyrrole nitrogens is 1. The van der Waals surface area contributed by atoms with Crippen LogP contribution in [0, 0.1) is 5.92 Å².